The number of unbranched alkanes of at least 4 members (excludes halogenated alkanes) is 2. The van der Waals surface area contributed by atoms with Crippen molar-refractivity contribution in [1.82, 2.24) is 0 Å². The van der Waals surface area contributed by atoms with Crippen molar-refractivity contribution in [2.45, 2.75) is 45.6 Å². The van der Waals surface area contributed by atoms with Gasteiger partial charge in [-0.25, -0.2) is 4.79 Å². The van der Waals surface area contributed by atoms with Crippen molar-refractivity contribution in [2.75, 3.05) is 5.32 Å². The number of nitrogens with one attached hydrogen (secondary N) is 1. The van der Waals surface area contributed by atoms with Gasteiger partial charge in [-0.15, -0.1) is 0 Å². The highest BCUT2D eigenvalue weighted by Gasteiger charge is 2.08. The van der Waals surface area contributed by atoms with E-state index in [2.05, 4.69) is 18.8 Å². The van der Waals surface area contributed by atoms with Gasteiger partial charge in [-0.2, -0.15) is 0 Å². The van der Waals surface area contributed by atoms with Crippen molar-refractivity contribution in [3.8, 4) is 0 Å². The van der Waals surface area contributed by atoms with Crippen LogP contribution in [-0.2, 0) is 4.79 Å². The number of hydrogen-bond donors (Lipinski definition) is 2. The number of rotatable bonds is 9. The van der Waals surface area contributed by atoms with Crippen LogP contribution in [0.2, 0.25) is 0 Å². The third-order valence-electron chi connectivity index (χ3n) is 3.36. The molecule has 1 rings (SSSR count). The molecule has 21 heavy (non-hydrogen) atoms. The molecule has 3 nitrogen and oxygen atoms in total. The molecule has 1 aromatic rings. The highest BCUT2D eigenvalue weighted by Crippen LogP contribution is 2.18. The minimum absolute atomic E-state index is 0.289. The molecule has 0 bridgehead atoms. The van der Waals surface area contributed by atoms with E-state index in [1.807, 2.05) is 31.2 Å². The zero-order chi connectivity index (χ0) is 15.7. The second-order valence-electron chi connectivity index (χ2n) is 5.33. The van der Waals surface area contributed by atoms with Gasteiger partial charge in [0.2, 0.25) is 0 Å². The number of carbonyl (C=O) groups is 1. The van der Waals surface area contributed by atoms with Crippen molar-refractivity contribution >= 4 is 17.7 Å². The summed E-state index contributed by atoms with van der Waals surface area (Å²) in [6, 6.07) is 8.04. The van der Waals surface area contributed by atoms with E-state index in [0.29, 0.717) is 0 Å². The van der Waals surface area contributed by atoms with Crippen molar-refractivity contribution in [3.05, 3.63) is 48.1 Å². The first-order chi connectivity index (χ1) is 10.0. The van der Waals surface area contributed by atoms with Gasteiger partial charge in [0.15, 0.2) is 0 Å². The lowest BCUT2D eigenvalue weighted by Gasteiger charge is -2.20. The molecule has 0 aliphatic heterocycles. The molecular formula is C18H25NO2. The van der Waals surface area contributed by atoms with Crippen molar-refractivity contribution in [3.63, 3.8) is 0 Å². The number of carboxylic acids is 1. The highest BCUT2D eigenvalue weighted by atomic mass is 16.4. The Hall–Kier alpha value is -2.03. The fourth-order valence-electron chi connectivity index (χ4n) is 2.10. The number of carboxylic acid groups (broad SMARTS) is 1. The Bertz CT molecular complexity index is 488. The van der Waals surface area contributed by atoms with Crippen LogP contribution in [0.3, 0.4) is 0 Å². The first kappa shape index (κ1) is 17.0. The maximum absolute atomic E-state index is 10.5. The van der Waals surface area contributed by atoms with Crippen LogP contribution in [0.25, 0.3) is 6.08 Å². The van der Waals surface area contributed by atoms with Gasteiger partial charge in [-0.1, -0.05) is 50.5 Å². The number of anilines is 1. The Morgan fingerprint density at radius 3 is 2.52 bits per heavy atom. The Morgan fingerprint density at radius 2 is 2.00 bits per heavy atom. The van der Waals surface area contributed by atoms with Crippen LogP contribution in [0.1, 0.15) is 45.1 Å². The molecule has 0 heterocycles. The summed E-state index contributed by atoms with van der Waals surface area (Å²) in [5.74, 6) is -0.935. The average Bonchev–Trinajstić information content (AvgIpc) is 2.45. The van der Waals surface area contributed by atoms with Crippen LogP contribution in [0.5, 0.6) is 0 Å². The normalized spacial score (nSPS) is 12.3. The van der Waals surface area contributed by atoms with Gasteiger partial charge >= 0.3 is 5.97 Å². The molecule has 1 unspecified atom stereocenters. The molecule has 0 saturated carbocycles. The van der Waals surface area contributed by atoms with E-state index in [9.17, 15) is 4.79 Å². The monoisotopic (exact) mass is 287 g/mol. The molecule has 0 spiro atoms. The zero-order valence-corrected chi connectivity index (χ0v) is 12.9. The maximum atomic E-state index is 10.5. The van der Waals surface area contributed by atoms with E-state index < -0.39 is 5.97 Å². The van der Waals surface area contributed by atoms with Crippen molar-refractivity contribution in [2.24, 2.45) is 0 Å². The van der Waals surface area contributed by atoms with E-state index >= 15 is 0 Å². The standard InChI is InChI=1S/C18H25NO2/c1-4-5-6-7-17(14(2)3)19-16-11-8-15(9-12-16)10-13-18(20)21/h8-13,17,19H,2,4-7H2,1,3H3,(H,20,21). The summed E-state index contributed by atoms with van der Waals surface area (Å²) in [6.07, 6.45) is 7.47. The van der Waals surface area contributed by atoms with Gasteiger partial charge in [0.25, 0.3) is 0 Å². The maximum Gasteiger partial charge on any atom is 0.328 e. The molecule has 0 aromatic heterocycles. The molecule has 1 aromatic carbocycles. The fourth-order valence-corrected chi connectivity index (χ4v) is 2.10. The Labute approximate surface area is 127 Å². The van der Waals surface area contributed by atoms with E-state index in [4.69, 9.17) is 5.11 Å². The Kier molecular flexibility index (Phi) is 7.30. The molecule has 1 atom stereocenters. The average molecular weight is 287 g/mol. The number of hydrogen-bond acceptors (Lipinski definition) is 2. The molecule has 2 N–H and O–H groups in total. The smallest absolute Gasteiger partial charge is 0.328 e. The largest absolute Gasteiger partial charge is 0.478 e. The van der Waals surface area contributed by atoms with Crippen LogP contribution in [-0.4, -0.2) is 17.1 Å². The quantitative estimate of drug-likeness (QED) is 0.392. The summed E-state index contributed by atoms with van der Waals surface area (Å²) in [4.78, 5) is 10.5. The second kappa shape index (κ2) is 9.01. The molecular weight excluding hydrogens is 262 g/mol. The summed E-state index contributed by atoms with van der Waals surface area (Å²) in [6.45, 7) is 8.31. The summed E-state index contributed by atoms with van der Waals surface area (Å²) in [5, 5.41) is 12.1. The predicted octanol–water partition coefficient (Wildman–Crippen LogP) is 4.72. The van der Waals surface area contributed by atoms with Gasteiger partial charge in [0.05, 0.1) is 0 Å². The lowest BCUT2D eigenvalue weighted by molar-refractivity contribution is -0.131. The van der Waals surface area contributed by atoms with Gasteiger partial charge in [-0.05, 0) is 37.1 Å². The zero-order valence-electron chi connectivity index (χ0n) is 12.9. The summed E-state index contributed by atoms with van der Waals surface area (Å²) >= 11 is 0. The Balaban J connectivity index is 2.63. The first-order valence-electron chi connectivity index (χ1n) is 7.46. The molecule has 0 aliphatic rings. The molecule has 3 heteroatoms. The van der Waals surface area contributed by atoms with Gasteiger partial charge in [0, 0.05) is 17.8 Å². The minimum atomic E-state index is -0.935. The summed E-state index contributed by atoms with van der Waals surface area (Å²) in [7, 11) is 0. The van der Waals surface area contributed by atoms with Crippen LogP contribution in [0.4, 0.5) is 5.69 Å². The molecule has 0 aliphatic carbocycles. The van der Waals surface area contributed by atoms with E-state index in [0.717, 1.165) is 29.3 Å². The Morgan fingerprint density at radius 1 is 1.33 bits per heavy atom. The topological polar surface area (TPSA) is 49.3 Å². The third-order valence-corrected chi connectivity index (χ3v) is 3.36. The van der Waals surface area contributed by atoms with Gasteiger partial charge in [-0.3, -0.25) is 0 Å². The van der Waals surface area contributed by atoms with Crippen LogP contribution >= 0.6 is 0 Å². The highest BCUT2D eigenvalue weighted by molar-refractivity contribution is 5.85. The van der Waals surface area contributed by atoms with Crippen LogP contribution < -0.4 is 5.32 Å². The third kappa shape index (κ3) is 6.80. The molecule has 0 amide bonds. The summed E-state index contributed by atoms with van der Waals surface area (Å²) in [5.41, 5.74) is 3.05. The van der Waals surface area contributed by atoms with Crippen LogP contribution in [0.15, 0.2) is 42.5 Å². The lowest BCUT2D eigenvalue weighted by atomic mass is 10.0. The lowest BCUT2D eigenvalue weighted by Crippen LogP contribution is -2.20. The SMILES string of the molecule is C=C(C)C(CCCCC)Nc1ccc(C=CC(=O)O)cc1. The fraction of sp³-hybridized carbons (Fsp3) is 0.389. The minimum Gasteiger partial charge on any atom is -0.478 e. The van der Waals surface area contributed by atoms with Crippen molar-refractivity contribution < 1.29 is 9.90 Å². The number of benzene rings is 1. The number of aliphatic carboxylic acids is 1. The van der Waals surface area contributed by atoms with Gasteiger partial charge < -0.3 is 10.4 Å². The molecule has 0 fully saturated rings. The van der Waals surface area contributed by atoms with E-state index in [1.165, 1.54) is 19.3 Å². The molecule has 0 radical (unpaired) electrons. The van der Waals surface area contributed by atoms with Crippen molar-refractivity contribution in [1.29, 1.82) is 0 Å². The second-order valence-corrected chi connectivity index (χ2v) is 5.33. The van der Waals surface area contributed by atoms with Gasteiger partial charge in [0.1, 0.15) is 0 Å². The molecule has 0 saturated heterocycles. The summed E-state index contributed by atoms with van der Waals surface area (Å²) < 4.78 is 0. The van der Waals surface area contributed by atoms with Crippen LogP contribution in [0, 0.1) is 0 Å². The first-order valence-corrected chi connectivity index (χ1v) is 7.46. The van der Waals surface area contributed by atoms with E-state index in [-0.39, 0.29) is 6.04 Å². The van der Waals surface area contributed by atoms with E-state index in [1.54, 1.807) is 6.08 Å². The molecule has 114 valence electrons. The predicted molar refractivity (Wildman–Crippen MR) is 89.5 cm³/mol.